The lowest BCUT2D eigenvalue weighted by molar-refractivity contribution is -0.181. The molecule has 1 heterocycles. The summed E-state index contributed by atoms with van der Waals surface area (Å²) >= 11 is 0. The fraction of sp³-hybridized carbons (Fsp3) is 0.769. The topological polar surface area (TPSA) is 106 Å². The van der Waals surface area contributed by atoms with Crippen LogP contribution in [0.15, 0.2) is 14.4 Å². The van der Waals surface area contributed by atoms with Crippen LogP contribution in [0.2, 0.25) is 6.04 Å². The Hall–Kier alpha value is -1.45. The van der Waals surface area contributed by atoms with Gasteiger partial charge in [-0.3, -0.25) is 9.97 Å². The van der Waals surface area contributed by atoms with E-state index in [4.69, 9.17) is 9.47 Å². The number of ether oxygens (including phenoxy) is 2. The van der Waals surface area contributed by atoms with Gasteiger partial charge in [-0.1, -0.05) is 19.4 Å². The third-order valence-electron chi connectivity index (χ3n) is 3.37. The lowest BCUT2D eigenvalue weighted by Crippen LogP contribution is -2.47. The largest absolute Gasteiger partial charge is 0.355 e. The van der Waals surface area contributed by atoms with E-state index in [1.165, 1.54) is 0 Å². The SMILES string of the molecule is CCC[SiH2]C(CCn1c(=O)[nH]c(=O)[nH]c1=O)(OCC)OCC. The van der Waals surface area contributed by atoms with Gasteiger partial charge in [0.05, 0.1) is 9.52 Å². The summed E-state index contributed by atoms with van der Waals surface area (Å²) in [6.07, 6.45) is 1.46. The Labute approximate surface area is 130 Å². The summed E-state index contributed by atoms with van der Waals surface area (Å²) in [6, 6.07) is 1.05. The fourth-order valence-electron chi connectivity index (χ4n) is 2.37. The Morgan fingerprint density at radius 1 is 1.05 bits per heavy atom. The van der Waals surface area contributed by atoms with Crippen molar-refractivity contribution in [3.05, 3.63) is 31.5 Å². The van der Waals surface area contributed by atoms with Crippen LogP contribution in [0.1, 0.15) is 33.6 Å². The zero-order valence-electron chi connectivity index (χ0n) is 13.4. The predicted molar refractivity (Wildman–Crippen MR) is 86.2 cm³/mol. The van der Waals surface area contributed by atoms with Crippen LogP contribution in [0.3, 0.4) is 0 Å². The second-order valence-electron chi connectivity index (χ2n) is 4.97. The van der Waals surface area contributed by atoms with Crippen molar-refractivity contribution in [2.24, 2.45) is 0 Å². The second-order valence-corrected chi connectivity index (χ2v) is 7.26. The monoisotopic (exact) mass is 331 g/mol. The number of hydrogen-bond acceptors (Lipinski definition) is 5. The summed E-state index contributed by atoms with van der Waals surface area (Å²) in [5.74, 6) is 0. The summed E-state index contributed by atoms with van der Waals surface area (Å²) in [7, 11) is -0.696. The molecular formula is C13H25N3O5Si. The van der Waals surface area contributed by atoms with Crippen LogP contribution in [0.4, 0.5) is 0 Å². The third-order valence-corrected chi connectivity index (χ3v) is 5.96. The van der Waals surface area contributed by atoms with Gasteiger partial charge in [-0.2, -0.15) is 0 Å². The van der Waals surface area contributed by atoms with Gasteiger partial charge in [-0.15, -0.1) is 0 Å². The first-order valence-corrected chi connectivity index (χ1v) is 9.40. The number of nitrogens with zero attached hydrogens (tertiary/aromatic N) is 1. The van der Waals surface area contributed by atoms with Crippen molar-refractivity contribution in [3.8, 4) is 0 Å². The van der Waals surface area contributed by atoms with Crippen molar-refractivity contribution in [1.82, 2.24) is 14.5 Å². The average Bonchev–Trinajstić information content (AvgIpc) is 2.44. The summed E-state index contributed by atoms with van der Waals surface area (Å²) in [5, 5.41) is 0. The quantitative estimate of drug-likeness (QED) is 0.437. The summed E-state index contributed by atoms with van der Waals surface area (Å²) in [4.78, 5) is 38.6. The van der Waals surface area contributed by atoms with Gasteiger partial charge in [0.25, 0.3) is 0 Å². The molecule has 0 amide bonds. The fourth-order valence-corrected chi connectivity index (χ4v) is 4.36. The number of hydrogen-bond donors (Lipinski definition) is 2. The van der Waals surface area contributed by atoms with Gasteiger partial charge >= 0.3 is 17.1 Å². The van der Waals surface area contributed by atoms with Crippen LogP contribution in [0.5, 0.6) is 0 Å². The van der Waals surface area contributed by atoms with Gasteiger partial charge in [0.2, 0.25) is 0 Å². The molecule has 9 heteroatoms. The van der Waals surface area contributed by atoms with Gasteiger partial charge in [-0.05, 0) is 13.8 Å². The summed E-state index contributed by atoms with van der Waals surface area (Å²) in [5.41, 5.74) is -2.91. The van der Waals surface area contributed by atoms with Gasteiger partial charge in [0.1, 0.15) is 5.41 Å². The molecular weight excluding hydrogens is 306 g/mol. The van der Waals surface area contributed by atoms with E-state index in [2.05, 4.69) is 6.92 Å². The van der Waals surface area contributed by atoms with E-state index in [0.717, 1.165) is 17.0 Å². The van der Waals surface area contributed by atoms with Crippen LogP contribution >= 0.6 is 0 Å². The molecule has 1 aromatic rings. The van der Waals surface area contributed by atoms with Gasteiger partial charge in [0, 0.05) is 26.2 Å². The maximum Gasteiger partial charge on any atom is 0.333 e. The number of H-pyrrole nitrogens is 2. The zero-order chi connectivity index (χ0) is 16.6. The van der Waals surface area contributed by atoms with Crippen LogP contribution in [0, 0.1) is 0 Å². The summed E-state index contributed by atoms with van der Waals surface area (Å²) < 4.78 is 12.6. The van der Waals surface area contributed by atoms with E-state index in [9.17, 15) is 14.4 Å². The van der Waals surface area contributed by atoms with Crippen molar-refractivity contribution in [2.45, 2.75) is 51.6 Å². The minimum Gasteiger partial charge on any atom is -0.355 e. The second kappa shape index (κ2) is 8.86. The highest BCUT2D eigenvalue weighted by Gasteiger charge is 2.31. The van der Waals surface area contributed by atoms with Crippen molar-refractivity contribution in [1.29, 1.82) is 0 Å². The van der Waals surface area contributed by atoms with Gasteiger partial charge in [-0.25, -0.2) is 19.0 Å². The molecule has 126 valence electrons. The Kier molecular flexibility index (Phi) is 7.49. The number of nitrogens with one attached hydrogen (secondary N) is 2. The van der Waals surface area contributed by atoms with E-state index in [1.807, 2.05) is 23.8 Å². The van der Waals surface area contributed by atoms with Crippen molar-refractivity contribution < 1.29 is 9.47 Å². The first-order chi connectivity index (χ1) is 10.5. The van der Waals surface area contributed by atoms with Gasteiger partial charge in [0.15, 0.2) is 0 Å². The lowest BCUT2D eigenvalue weighted by Gasteiger charge is -2.33. The van der Waals surface area contributed by atoms with E-state index in [0.29, 0.717) is 19.6 Å². The highest BCUT2D eigenvalue weighted by molar-refractivity contribution is 6.38. The average molecular weight is 331 g/mol. The molecule has 0 aromatic carbocycles. The van der Waals surface area contributed by atoms with Crippen molar-refractivity contribution in [2.75, 3.05) is 13.2 Å². The molecule has 0 aliphatic heterocycles. The molecule has 0 saturated carbocycles. The molecule has 0 saturated heterocycles. The Bertz CT molecular complexity index is 581. The Morgan fingerprint density at radius 3 is 2.05 bits per heavy atom. The molecule has 2 N–H and O–H groups in total. The molecule has 0 aliphatic carbocycles. The predicted octanol–water partition coefficient (Wildman–Crippen LogP) is -0.661. The first kappa shape index (κ1) is 18.6. The molecule has 0 fully saturated rings. The number of aromatic amines is 2. The van der Waals surface area contributed by atoms with Crippen molar-refractivity contribution in [3.63, 3.8) is 0 Å². The summed E-state index contributed by atoms with van der Waals surface area (Å²) in [6.45, 7) is 7.05. The Balaban J connectivity index is 2.97. The molecule has 0 aliphatic rings. The van der Waals surface area contributed by atoms with Crippen LogP contribution in [0.25, 0.3) is 0 Å². The first-order valence-electron chi connectivity index (χ1n) is 7.69. The molecule has 0 atom stereocenters. The smallest absolute Gasteiger partial charge is 0.333 e. The third kappa shape index (κ3) is 5.07. The van der Waals surface area contributed by atoms with Crippen molar-refractivity contribution >= 4 is 9.52 Å². The number of rotatable bonds is 10. The maximum atomic E-state index is 11.7. The minimum absolute atomic E-state index is 0.141. The molecule has 0 radical (unpaired) electrons. The molecule has 1 rings (SSSR count). The normalized spacial score (nSPS) is 12.3. The van der Waals surface area contributed by atoms with Crippen LogP contribution < -0.4 is 17.1 Å². The van der Waals surface area contributed by atoms with Crippen LogP contribution in [-0.4, -0.2) is 42.7 Å². The van der Waals surface area contributed by atoms with Gasteiger partial charge < -0.3 is 9.47 Å². The van der Waals surface area contributed by atoms with E-state index in [1.54, 1.807) is 0 Å². The molecule has 1 aromatic heterocycles. The zero-order valence-corrected chi connectivity index (χ0v) is 14.9. The highest BCUT2D eigenvalue weighted by atomic mass is 28.2. The Morgan fingerprint density at radius 2 is 1.59 bits per heavy atom. The molecule has 0 spiro atoms. The molecule has 0 unspecified atom stereocenters. The molecule has 8 nitrogen and oxygen atoms in total. The molecule has 0 bridgehead atoms. The van der Waals surface area contributed by atoms with E-state index >= 15 is 0 Å². The maximum absolute atomic E-state index is 11.7. The highest BCUT2D eigenvalue weighted by Crippen LogP contribution is 2.19. The molecule has 22 heavy (non-hydrogen) atoms. The van der Waals surface area contributed by atoms with Crippen LogP contribution in [-0.2, 0) is 16.0 Å². The lowest BCUT2D eigenvalue weighted by atomic mass is 10.4. The number of aromatic nitrogens is 3. The van der Waals surface area contributed by atoms with E-state index in [-0.39, 0.29) is 6.54 Å². The van der Waals surface area contributed by atoms with E-state index < -0.39 is 32.0 Å². The standard InChI is InChI=1S/C13H25N3O5Si/c1-4-9-22-13(20-5-2,21-6-3)7-8-16-11(18)14-10(17)15-12(16)19/h4-9,22H2,1-3H3,(H2,14,15,17,18,19). The minimum atomic E-state index is -0.799.